The Kier molecular flexibility index (Phi) is 4.96. The van der Waals surface area contributed by atoms with Crippen molar-refractivity contribution in [2.75, 3.05) is 17.7 Å². The van der Waals surface area contributed by atoms with Crippen molar-refractivity contribution in [2.24, 2.45) is 0 Å². The standard InChI is InChI=1S/C21H23N3O3/c1-26-21(25)23-17-10-7-14(8-11-17)15-9-12-19-18(13-15)24-20(27-19)22-16-5-3-2-4-6-16/h7-13,16H,2-6H2,1H3,(H,22,24)(H,23,25). The second-order valence-corrected chi connectivity index (χ2v) is 6.87. The minimum absolute atomic E-state index is 0.459. The van der Waals surface area contributed by atoms with E-state index in [1.54, 1.807) is 0 Å². The SMILES string of the molecule is COC(=O)Nc1ccc(-c2ccc3oc(NC4CCCCC4)nc3c2)cc1. The molecule has 0 unspecified atom stereocenters. The Balaban J connectivity index is 1.51. The number of nitrogens with zero attached hydrogens (tertiary/aromatic N) is 1. The van der Waals surface area contributed by atoms with Gasteiger partial charge in [0.2, 0.25) is 0 Å². The highest BCUT2D eigenvalue weighted by molar-refractivity contribution is 5.86. The van der Waals surface area contributed by atoms with E-state index >= 15 is 0 Å². The maximum Gasteiger partial charge on any atom is 0.411 e. The molecule has 0 bridgehead atoms. The van der Waals surface area contributed by atoms with E-state index in [1.807, 2.05) is 42.5 Å². The van der Waals surface area contributed by atoms with Crippen molar-refractivity contribution in [3.63, 3.8) is 0 Å². The molecule has 1 aromatic heterocycles. The van der Waals surface area contributed by atoms with Crippen molar-refractivity contribution in [2.45, 2.75) is 38.1 Å². The Labute approximate surface area is 157 Å². The molecule has 1 saturated carbocycles. The summed E-state index contributed by atoms with van der Waals surface area (Å²) in [6.07, 6.45) is 5.73. The Morgan fingerprint density at radius 3 is 2.56 bits per heavy atom. The van der Waals surface area contributed by atoms with Gasteiger partial charge >= 0.3 is 6.09 Å². The van der Waals surface area contributed by atoms with Gasteiger partial charge in [-0.15, -0.1) is 0 Å². The van der Waals surface area contributed by atoms with E-state index in [2.05, 4.69) is 20.4 Å². The molecule has 3 aromatic rings. The zero-order chi connectivity index (χ0) is 18.6. The van der Waals surface area contributed by atoms with E-state index < -0.39 is 6.09 Å². The van der Waals surface area contributed by atoms with Gasteiger partial charge in [-0.1, -0.05) is 37.5 Å². The number of amides is 1. The van der Waals surface area contributed by atoms with E-state index in [9.17, 15) is 4.79 Å². The Morgan fingerprint density at radius 1 is 1.07 bits per heavy atom. The van der Waals surface area contributed by atoms with Crippen LogP contribution in [0.3, 0.4) is 0 Å². The number of rotatable bonds is 4. The van der Waals surface area contributed by atoms with Crippen molar-refractivity contribution in [3.8, 4) is 11.1 Å². The molecule has 6 heteroatoms. The largest absolute Gasteiger partial charge is 0.453 e. The molecular formula is C21H23N3O3. The number of oxazole rings is 1. The molecule has 0 aliphatic heterocycles. The van der Waals surface area contributed by atoms with Gasteiger partial charge in [-0.3, -0.25) is 5.32 Å². The number of carbonyl (C=O) groups excluding carboxylic acids is 1. The lowest BCUT2D eigenvalue weighted by Crippen LogP contribution is -2.22. The van der Waals surface area contributed by atoms with Gasteiger partial charge in [0.05, 0.1) is 7.11 Å². The van der Waals surface area contributed by atoms with Gasteiger partial charge in [-0.05, 0) is 48.2 Å². The third-order valence-electron chi connectivity index (χ3n) is 4.97. The second kappa shape index (κ2) is 7.70. The molecule has 1 heterocycles. The number of nitrogens with one attached hydrogen (secondary N) is 2. The first kappa shape index (κ1) is 17.4. The summed E-state index contributed by atoms with van der Waals surface area (Å²) in [6.45, 7) is 0. The predicted octanol–water partition coefficient (Wildman–Crippen LogP) is 5.42. The number of ether oxygens (including phenoxy) is 1. The van der Waals surface area contributed by atoms with E-state index in [0.717, 1.165) is 22.2 Å². The molecule has 1 amide bonds. The van der Waals surface area contributed by atoms with Gasteiger partial charge in [0.1, 0.15) is 5.52 Å². The summed E-state index contributed by atoms with van der Waals surface area (Å²) in [5.74, 6) is 0. The van der Waals surface area contributed by atoms with Gasteiger partial charge in [0, 0.05) is 11.7 Å². The predicted molar refractivity (Wildman–Crippen MR) is 106 cm³/mol. The molecule has 4 rings (SSSR count). The molecule has 0 saturated heterocycles. The number of fused-ring (bicyclic) bond motifs is 1. The first-order chi connectivity index (χ1) is 13.2. The number of aromatic nitrogens is 1. The summed E-state index contributed by atoms with van der Waals surface area (Å²) in [5.41, 5.74) is 4.39. The van der Waals surface area contributed by atoms with Gasteiger partial charge in [-0.2, -0.15) is 4.98 Å². The number of benzene rings is 2. The number of hydrogen-bond donors (Lipinski definition) is 2. The van der Waals surface area contributed by atoms with Crippen LogP contribution in [0.5, 0.6) is 0 Å². The lowest BCUT2D eigenvalue weighted by Gasteiger charge is -2.21. The average molecular weight is 365 g/mol. The van der Waals surface area contributed by atoms with Gasteiger partial charge in [-0.25, -0.2) is 4.79 Å². The maximum atomic E-state index is 11.3. The molecular weight excluding hydrogens is 342 g/mol. The first-order valence-corrected chi connectivity index (χ1v) is 9.34. The Morgan fingerprint density at radius 2 is 1.81 bits per heavy atom. The molecule has 2 aromatic carbocycles. The van der Waals surface area contributed by atoms with E-state index in [-0.39, 0.29) is 0 Å². The number of carbonyl (C=O) groups is 1. The minimum atomic E-state index is -0.482. The smallest absolute Gasteiger partial charge is 0.411 e. The van der Waals surface area contributed by atoms with E-state index in [1.165, 1.54) is 39.2 Å². The summed E-state index contributed by atoms with van der Waals surface area (Å²) in [6, 6.07) is 14.6. The number of hydrogen-bond acceptors (Lipinski definition) is 5. The Bertz CT molecular complexity index is 927. The molecule has 1 aliphatic carbocycles. The van der Waals surface area contributed by atoms with Crippen molar-refractivity contribution in [1.82, 2.24) is 4.98 Å². The lowest BCUT2D eigenvalue weighted by molar-refractivity contribution is 0.187. The zero-order valence-electron chi connectivity index (χ0n) is 15.3. The highest BCUT2D eigenvalue weighted by Gasteiger charge is 2.16. The van der Waals surface area contributed by atoms with Crippen LogP contribution in [-0.2, 0) is 4.74 Å². The van der Waals surface area contributed by atoms with Crippen LogP contribution >= 0.6 is 0 Å². The fourth-order valence-electron chi connectivity index (χ4n) is 3.51. The van der Waals surface area contributed by atoms with Gasteiger partial charge < -0.3 is 14.5 Å². The lowest BCUT2D eigenvalue weighted by atomic mass is 9.96. The number of methoxy groups -OCH3 is 1. The molecule has 0 spiro atoms. The zero-order valence-corrected chi connectivity index (χ0v) is 15.3. The van der Waals surface area contributed by atoms with Crippen LogP contribution in [0.2, 0.25) is 0 Å². The van der Waals surface area contributed by atoms with Crippen LogP contribution < -0.4 is 10.6 Å². The van der Waals surface area contributed by atoms with Crippen LogP contribution in [0.4, 0.5) is 16.5 Å². The maximum absolute atomic E-state index is 11.3. The Hall–Kier alpha value is -3.02. The summed E-state index contributed by atoms with van der Waals surface area (Å²) in [4.78, 5) is 15.9. The molecule has 140 valence electrons. The molecule has 0 radical (unpaired) electrons. The van der Waals surface area contributed by atoms with Gasteiger partial charge in [0.15, 0.2) is 5.58 Å². The van der Waals surface area contributed by atoms with Crippen LogP contribution in [-0.4, -0.2) is 24.2 Å². The average Bonchev–Trinajstić information content (AvgIpc) is 3.10. The molecule has 6 nitrogen and oxygen atoms in total. The first-order valence-electron chi connectivity index (χ1n) is 9.34. The van der Waals surface area contributed by atoms with E-state index in [4.69, 9.17) is 4.42 Å². The summed E-state index contributed by atoms with van der Waals surface area (Å²) >= 11 is 0. The quantitative estimate of drug-likeness (QED) is 0.646. The van der Waals surface area contributed by atoms with Crippen LogP contribution in [0.15, 0.2) is 46.9 Å². The van der Waals surface area contributed by atoms with Crippen molar-refractivity contribution in [1.29, 1.82) is 0 Å². The van der Waals surface area contributed by atoms with Crippen LogP contribution in [0.1, 0.15) is 32.1 Å². The third-order valence-corrected chi connectivity index (χ3v) is 4.97. The monoisotopic (exact) mass is 365 g/mol. The fourth-order valence-corrected chi connectivity index (χ4v) is 3.51. The third kappa shape index (κ3) is 4.05. The van der Waals surface area contributed by atoms with Crippen molar-refractivity contribution < 1.29 is 13.9 Å². The van der Waals surface area contributed by atoms with Crippen molar-refractivity contribution in [3.05, 3.63) is 42.5 Å². The van der Waals surface area contributed by atoms with E-state index in [0.29, 0.717) is 17.7 Å². The number of anilines is 2. The normalized spacial score (nSPS) is 14.9. The van der Waals surface area contributed by atoms with Crippen molar-refractivity contribution >= 4 is 28.9 Å². The highest BCUT2D eigenvalue weighted by Crippen LogP contribution is 2.28. The second-order valence-electron chi connectivity index (χ2n) is 6.87. The fraction of sp³-hybridized carbons (Fsp3) is 0.333. The summed E-state index contributed by atoms with van der Waals surface area (Å²) < 4.78 is 10.5. The highest BCUT2D eigenvalue weighted by atomic mass is 16.5. The topological polar surface area (TPSA) is 76.4 Å². The summed E-state index contributed by atoms with van der Waals surface area (Å²) in [5, 5.41) is 6.08. The molecule has 2 N–H and O–H groups in total. The van der Waals surface area contributed by atoms with Crippen LogP contribution in [0, 0.1) is 0 Å². The molecule has 1 aliphatic rings. The minimum Gasteiger partial charge on any atom is -0.453 e. The van der Waals surface area contributed by atoms with Crippen LogP contribution in [0.25, 0.3) is 22.2 Å². The van der Waals surface area contributed by atoms with Gasteiger partial charge in [0.25, 0.3) is 6.01 Å². The molecule has 27 heavy (non-hydrogen) atoms. The summed E-state index contributed by atoms with van der Waals surface area (Å²) in [7, 11) is 1.34. The molecule has 1 fully saturated rings. The molecule has 0 atom stereocenters.